The number of hydrogen-bond donors (Lipinski definition) is 0. The molecule has 1 heterocycles. The van der Waals surface area contributed by atoms with Gasteiger partial charge in [0.05, 0.1) is 12.1 Å². The molecule has 0 radical (unpaired) electrons. The lowest BCUT2D eigenvalue weighted by Gasteiger charge is -2.12. The van der Waals surface area contributed by atoms with Crippen molar-refractivity contribution < 1.29 is 23.7 Å². The summed E-state index contributed by atoms with van der Waals surface area (Å²) in [7, 11) is 1.60. The highest BCUT2D eigenvalue weighted by Crippen LogP contribution is 2.33. The van der Waals surface area contributed by atoms with Crippen LogP contribution >= 0.6 is 27.5 Å². The summed E-state index contributed by atoms with van der Waals surface area (Å²) in [6, 6.07) is 16.2. The Labute approximate surface area is 193 Å². The summed E-state index contributed by atoms with van der Waals surface area (Å²) in [6.07, 6.45) is 3.28. The van der Waals surface area contributed by atoms with Crippen molar-refractivity contribution in [2.24, 2.45) is 0 Å². The summed E-state index contributed by atoms with van der Waals surface area (Å²) < 4.78 is 22.8. The van der Waals surface area contributed by atoms with Crippen LogP contribution in [0.1, 0.15) is 21.5 Å². The van der Waals surface area contributed by atoms with Gasteiger partial charge < -0.3 is 18.9 Å². The zero-order chi connectivity index (χ0) is 21.8. The topological polar surface area (TPSA) is 54.0 Å². The molecule has 31 heavy (non-hydrogen) atoms. The zero-order valence-corrected chi connectivity index (χ0v) is 18.9. The van der Waals surface area contributed by atoms with E-state index in [0.717, 1.165) is 15.6 Å². The van der Waals surface area contributed by atoms with E-state index in [1.165, 1.54) is 6.08 Å². The minimum atomic E-state index is -0.131. The monoisotopic (exact) mass is 500 g/mol. The van der Waals surface area contributed by atoms with Gasteiger partial charge in [-0.25, -0.2) is 0 Å². The predicted molar refractivity (Wildman–Crippen MR) is 122 cm³/mol. The van der Waals surface area contributed by atoms with E-state index in [4.69, 9.17) is 30.5 Å². The highest BCUT2D eigenvalue weighted by Gasteiger charge is 2.15. The average Bonchev–Trinajstić information content (AvgIpc) is 3.25. The zero-order valence-electron chi connectivity index (χ0n) is 16.6. The number of rotatable bonds is 7. The number of hydrogen-bond acceptors (Lipinski definition) is 5. The number of carbonyl (C=O) groups is 1. The van der Waals surface area contributed by atoms with E-state index >= 15 is 0 Å². The first-order valence-corrected chi connectivity index (χ1v) is 10.6. The van der Waals surface area contributed by atoms with Crippen molar-refractivity contribution in [3.05, 3.63) is 86.9 Å². The number of ketones is 1. The van der Waals surface area contributed by atoms with Crippen LogP contribution in [-0.2, 0) is 6.61 Å². The minimum absolute atomic E-state index is 0.131. The molecule has 0 unspecified atom stereocenters. The number of methoxy groups -OCH3 is 1. The van der Waals surface area contributed by atoms with Crippen LogP contribution in [0, 0.1) is 0 Å². The summed E-state index contributed by atoms with van der Waals surface area (Å²) in [4.78, 5) is 12.6. The predicted octanol–water partition coefficient (Wildman–Crippen LogP) is 6.31. The Balaban J connectivity index is 1.49. The first kappa shape index (κ1) is 21.3. The van der Waals surface area contributed by atoms with Crippen LogP contribution in [0.2, 0.25) is 5.02 Å². The second-order valence-corrected chi connectivity index (χ2v) is 8.02. The molecule has 7 heteroatoms. The smallest absolute Gasteiger partial charge is 0.231 e. The quantitative estimate of drug-likeness (QED) is 0.280. The van der Waals surface area contributed by atoms with Gasteiger partial charge in [0.25, 0.3) is 0 Å². The van der Waals surface area contributed by atoms with Gasteiger partial charge in [0.2, 0.25) is 6.79 Å². The van der Waals surface area contributed by atoms with Gasteiger partial charge in [-0.2, -0.15) is 0 Å². The van der Waals surface area contributed by atoms with Gasteiger partial charge >= 0.3 is 0 Å². The van der Waals surface area contributed by atoms with Crippen LogP contribution < -0.4 is 18.9 Å². The Bertz CT molecular complexity index is 1160. The summed E-state index contributed by atoms with van der Waals surface area (Å²) in [5.41, 5.74) is 2.21. The van der Waals surface area contributed by atoms with Crippen molar-refractivity contribution in [3.8, 4) is 23.0 Å². The first-order valence-electron chi connectivity index (χ1n) is 9.40. The molecule has 0 fully saturated rings. The van der Waals surface area contributed by atoms with Crippen molar-refractivity contribution in [3.63, 3.8) is 0 Å². The van der Waals surface area contributed by atoms with Gasteiger partial charge in [-0.15, -0.1) is 0 Å². The van der Waals surface area contributed by atoms with E-state index in [9.17, 15) is 4.79 Å². The molecule has 0 saturated carbocycles. The lowest BCUT2D eigenvalue weighted by molar-refractivity contribution is 0.104. The molecule has 0 N–H and O–H groups in total. The van der Waals surface area contributed by atoms with Crippen molar-refractivity contribution >= 4 is 39.4 Å². The fourth-order valence-electron chi connectivity index (χ4n) is 3.08. The van der Waals surface area contributed by atoms with Gasteiger partial charge in [-0.05, 0) is 60.2 Å². The van der Waals surface area contributed by atoms with Gasteiger partial charge in [0.15, 0.2) is 17.3 Å². The lowest BCUT2D eigenvalue weighted by Crippen LogP contribution is -2.00. The second kappa shape index (κ2) is 9.45. The number of fused-ring (bicyclic) bond motifs is 1. The molecule has 0 spiro atoms. The van der Waals surface area contributed by atoms with Gasteiger partial charge in [-0.3, -0.25) is 4.79 Å². The average molecular weight is 502 g/mol. The lowest BCUT2D eigenvalue weighted by atomic mass is 10.1. The second-order valence-electron chi connectivity index (χ2n) is 6.70. The Morgan fingerprint density at radius 1 is 1.06 bits per heavy atom. The first-order chi connectivity index (χ1) is 15.0. The Kier molecular flexibility index (Phi) is 6.49. The van der Waals surface area contributed by atoms with Crippen molar-refractivity contribution in [1.29, 1.82) is 0 Å². The molecule has 0 aliphatic carbocycles. The molecule has 0 amide bonds. The summed E-state index contributed by atoms with van der Waals surface area (Å²) >= 11 is 9.60. The number of allylic oxidation sites excluding steroid dienone is 1. The SMILES string of the molecule is COc1ccc(/C=C/C(=O)c2ccc3c(c2)OCO3)cc1COc1ccc(Br)cc1Cl. The molecule has 3 aromatic carbocycles. The normalized spacial score (nSPS) is 12.2. The molecule has 3 aromatic rings. The number of ether oxygens (including phenoxy) is 4. The van der Waals surface area contributed by atoms with E-state index in [1.807, 2.05) is 24.3 Å². The summed E-state index contributed by atoms with van der Waals surface area (Å²) in [6.45, 7) is 0.438. The van der Waals surface area contributed by atoms with E-state index in [2.05, 4.69) is 15.9 Å². The van der Waals surface area contributed by atoms with Crippen LogP contribution in [0.3, 0.4) is 0 Å². The molecule has 1 aliphatic heterocycles. The van der Waals surface area contributed by atoms with E-state index in [-0.39, 0.29) is 19.2 Å². The van der Waals surface area contributed by atoms with Crippen molar-refractivity contribution in [2.45, 2.75) is 6.61 Å². The van der Waals surface area contributed by atoms with Gasteiger partial charge in [0.1, 0.15) is 18.1 Å². The highest BCUT2D eigenvalue weighted by molar-refractivity contribution is 9.10. The minimum Gasteiger partial charge on any atom is -0.496 e. The van der Waals surface area contributed by atoms with E-state index in [0.29, 0.717) is 33.6 Å². The van der Waals surface area contributed by atoms with E-state index in [1.54, 1.807) is 43.5 Å². The van der Waals surface area contributed by atoms with Crippen LogP contribution in [0.25, 0.3) is 6.08 Å². The Hall–Kier alpha value is -2.96. The van der Waals surface area contributed by atoms with Crippen molar-refractivity contribution in [2.75, 3.05) is 13.9 Å². The van der Waals surface area contributed by atoms with E-state index < -0.39 is 0 Å². The summed E-state index contributed by atoms with van der Waals surface area (Å²) in [5, 5.41) is 0.513. The van der Waals surface area contributed by atoms with Crippen LogP contribution in [-0.4, -0.2) is 19.7 Å². The molecule has 4 rings (SSSR count). The fourth-order valence-corrected chi connectivity index (χ4v) is 3.81. The molecule has 0 bridgehead atoms. The number of carbonyl (C=O) groups excluding carboxylic acids is 1. The molecular weight excluding hydrogens is 484 g/mol. The third kappa shape index (κ3) is 5.03. The molecule has 0 atom stereocenters. The number of halogens is 2. The van der Waals surface area contributed by atoms with Crippen molar-refractivity contribution in [1.82, 2.24) is 0 Å². The maximum atomic E-state index is 12.6. The third-order valence-corrected chi connectivity index (χ3v) is 5.45. The number of benzene rings is 3. The molecule has 1 aliphatic rings. The molecule has 0 saturated heterocycles. The Morgan fingerprint density at radius 3 is 2.68 bits per heavy atom. The molecular formula is C24H18BrClO5. The summed E-state index contributed by atoms with van der Waals surface area (Å²) in [5.74, 6) is 2.35. The van der Waals surface area contributed by atoms with Crippen LogP contribution in [0.5, 0.6) is 23.0 Å². The standard InChI is InChI=1S/C24H18BrClO5/c1-28-21-7-3-15(10-17(21)13-29-22-9-5-18(25)12-19(22)26)2-6-20(27)16-4-8-23-24(11-16)31-14-30-23/h2-12H,13-14H2,1H3/b6-2+. The maximum absolute atomic E-state index is 12.6. The molecule has 0 aromatic heterocycles. The fraction of sp³-hybridized carbons (Fsp3) is 0.125. The van der Waals surface area contributed by atoms with Crippen LogP contribution in [0.4, 0.5) is 0 Å². The van der Waals surface area contributed by atoms with Gasteiger partial charge in [0, 0.05) is 15.6 Å². The van der Waals surface area contributed by atoms with Gasteiger partial charge in [-0.1, -0.05) is 39.7 Å². The molecule has 5 nitrogen and oxygen atoms in total. The van der Waals surface area contributed by atoms with Crippen LogP contribution in [0.15, 0.2) is 65.1 Å². The maximum Gasteiger partial charge on any atom is 0.231 e. The third-order valence-electron chi connectivity index (χ3n) is 4.67. The largest absolute Gasteiger partial charge is 0.496 e. The highest BCUT2D eigenvalue weighted by atomic mass is 79.9. The Morgan fingerprint density at radius 2 is 1.87 bits per heavy atom. The molecule has 158 valence electrons.